The van der Waals surface area contributed by atoms with Crippen LogP contribution in [0.1, 0.15) is 95.4 Å². The molecule has 0 aromatic carbocycles. The van der Waals surface area contributed by atoms with Crippen molar-refractivity contribution in [1.82, 2.24) is 0 Å². The number of carbonyl (C=O) groups excluding carboxylic acids is 4. The summed E-state index contributed by atoms with van der Waals surface area (Å²) in [4.78, 5) is 43.5. The van der Waals surface area contributed by atoms with Crippen LogP contribution >= 0.6 is 0 Å². The summed E-state index contributed by atoms with van der Waals surface area (Å²) < 4.78 is 21.0. The van der Waals surface area contributed by atoms with Crippen LogP contribution in [0.4, 0.5) is 0 Å². The highest BCUT2D eigenvalue weighted by Crippen LogP contribution is 2.19. The van der Waals surface area contributed by atoms with E-state index in [-0.39, 0.29) is 34.5 Å². The predicted octanol–water partition coefficient (Wildman–Crippen LogP) is 2.11. The number of hydrogen-bond acceptors (Lipinski definition) is 8. The standard InChI is InChI=1S/C11H22O2Si.C8H16O2Si.C7H14O2Si.C6H12O2Si/c1-8(2)9(13-7-14)6-10(12)11(3,4)5;1-3-7(9)5-8(4-2)10-6-11;1-3-7(9-5-10)4-6(2)8;1-5(7)3-6(2)8-4-9/h6,8H,7H2,1-5,14H3;5H,3-4,6H2,1-2,11H3;4H,3,5H2,1-2,10H3;3H,4H2,1-2,9H3/b9-6-;8-5-;7-4-;6-3-. The first-order valence-electron chi connectivity index (χ1n) is 15.8. The Morgan fingerprint density at radius 3 is 1.32 bits per heavy atom. The zero-order valence-electron chi connectivity index (χ0n) is 30.6. The number of hydrogen-bond donors (Lipinski definition) is 0. The van der Waals surface area contributed by atoms with Crippen LogP contribution < -0.4 is 0 Å². The molecule has 0 radical (unpaired) electrons. The van der Waals surface area contributed by atoms with E-state index < -0.39 is 0 Å². The molecule has 0 aromatic heterocycles. The zero-order valence-corrected chi connectivity index (χ0v) is 38.6. The summed E-state index contributed by atoms with van der Waals surface area (Å²) in [5, 5.41) is 0. The molecule has 256 valence electrons. The van der Waals surface area contributed by atoms with Crippen molar-refractivity contribution in [3.63, 3.8) is 0 Å². The minimum Gasteiger partial charge on any atom is -0.503 e. The lowest BCUT2D eigenvalue weighted by molar-refractivity contribution is -0.121. The summed E-state index contributed by atoms with van der Waals surface area (Å²) in [6, 6.07) is 0. The van der Waals surface area contributed by atoms with Gasteiger partial charge in [0.15, 0.2) is 23.1 Å². The van der Waals surface area contributed by atoms with E-state index >= 15 is 0 Å². The molecule has 0 heterocycles. The normalized spacial score (nSPS) is 12.2. The molecule has 0 rings (SSSR count). The van der Waals surface area contributed by atoms with Gasteiger partial charge >= 0.3 is 0 Å². The second-order valence-corrected chi connectivity index (χ2v) is 13.1. The summed E-state index contributed by atoms with van der Waals surface area (Å²) in [5.41, 5.74) is -0.311. The number of ketones is 4. The highest BCUT2D eigenvalue weighted by Gasteiger charge is 2.20. The molecule has 44 heavy (non-hydrogen) atoms. The van der Waals surface area contributed by atoms with Gasteiger partial charge in [-0.15, -0.1) is 0 Å². The highest BCUT2D eigenvalue weighted by atomic mass is 28.2. The van der Waals surface area contributed by atoms with Crippen LogP contribution in [0, 0.1) is 11.3 Å². The molecule has 8 nitrogen and oxygen atoms in total. The number of ether oxygens (including phenoxy) is 4. The monoisotopic (exact) mass is 688 g/mol. The van der Waals surface area contributed by atoms with Gasteiger partial charge in [-0.2, -0.15) is 0 Å². The van der Waals surface area contributed by atoms with E-state index in [4.69, 9.17) is 18.9 Å². The van der Waals surface area contributed by atoms with Crippen LogP contribution in [-0.2, 0) is 38.1 Å². The van der Waals surface area contributed by atoms with Gasteiger partial charge < -0.3 is 18.9 Å². The van der Waals surface area contributed by atoms with Gasteiger partial charge in [0, 0.05) is 54.9 Å². The van der Waals surface area contributed by atoms with Gasteiger partial charge in [0.05, 0.1) is 83.2 Å². The van der Waals surface area contributed by atoms with Crippen molar-refractivity contribution >= 4 is 64.1 Å². The minimum atomic E-state index is -0.311. The molecule has 0 fully saturated rings. The van der Waals surface area contributed by atoms with Crippen LogP contribution in [0.5, 0.6) is 0 Å². The van der Waals surface area contributed by atoms with Gasteiger partial charge in [0.25, 0.3) is 0 Å². The first-order chi connectivity index (χ1) is 20.4. The Labute approximate surface area is 280 Å². The molecule has 0 aromatic rings. The van der Waals surface area contributed by atoms with E-state index in [0.717, 1.165) is 102 Å². The quantitative estimate of drug-likeness (QED) is 0.138. The van der Waals surface area contributed by atoms with E-state index in [2.05, 4.69) is 0 Å². The predicted molar refractivity (Wildman–Crippen MR) is 198 cm³/mol. The second kappa shape index (κ2) is 30.7. The van der Waals surface area contributed by atoms with E-state index in [9.17, 15) is 19.2 Å². The molecule has 0 atom stereocenters. The molecular formula is C32H64O8Si4. The number of rotatable bonds is 16. The Morgan fingerprint density at radius 2 is 1.02 bits per heavy atom. The fourth-order valence-corrected chi connectivity index (χ4v) is 4.34. The molecule has 0 saturated heterocycles. The molecule has 0 unspecified atom stereocenters. The third-order valence-electron chi connectivity index (χ3n) is 5.06. The highest BCUT2D eigenvalue weighted by molar-refractivity contribution is 6.08. The van der Waals surface area contributed by atoms with Gasteiger partial charge in [0.2, 0.25) is 0 Å². The van der Waals surface area contributed by atoms with Gasteiger partial charge in [-0.1, -0.05) is 55.4 Å². The first-order valence-corrected chi connectivity index (χ1v) is 21.5. The van der Waals surface area contributed by atoms with Gasteiger partial charge in [-0.05, 0) is 20.8 Å². The van der Waals surface area contributed by atoms with Crippen LogP contribution in [0.3, 0.4) is 0 Å². The Kier molecular flexibility index (Phi) is 33.9. The van der Waals surface area contributed by atoms with Crippen molar-refractivity contribution in [1.29, 1.82) is 0 Å². The Hall–Kier alpha value is -2.29. The molecule has 0 aliphatic heterocycles. The lowest BCUT2D eigenvalue weighted by Gasteiger charge is -2.17. The fraction of sp³-hybridized carbons (Fsp3) is 0.625. The molecular weight excluding hydrogens is 625 g/mol. The van der Waals surface area contributed by atoms with Gasteiger partial charge in [0.1, 0.15) is 5.76 Å². The van der Waals surface area contributed by atoms with E-state index in [1.165, 1.54) is 19.9 Å². The summed E-state index contributed by atoms with van der Waals surface area (Å²) in [6.07, 6.45) is 11.6. The van der Waals surface area contributed by atoms with Gasteiger partial charge in [-0.3, -0.25) is 19.2 Å². The largest absolute Gasteiger partial charge is 0.503 e. The molecule has 0 amide bonds. The first kappa shape index (κ1) is 48.6. The topological polar surface area (TPSA) is 105 Å². The van der Waals surface area contributed by atoms with Gasteiger partial charge in [-0.25, -0.2) is 0 Å². The van der Waals surface area contributed by atoms with E-state index in [1.54, 1.807) is 25.2 Å². The lowest BCUT2D eigenvalue weighted by Crippen LogP contribution is -2.19. The van der Waals surface area contributed by atoms with Crippen LogP contribution in [0.25, 0.3) is 0 Å². The summed E-state index contributed by atoms with van der Waals surface area (Å²) in [6.45, 7) is 20.5. The summed E-state index contributed by atoms with van der Waals surface area (Å²) >= 11 is 0. The molecule has 12 heteroatoms. The molecule has 0 aliphatic rings. The van der Waals surface area contributed by atoms with E-state index in [1.807, 2.05) is 55.4 Å². The maximum atomic E-state index is 11.7. The van der Waals surface area contributed by atoms with Crippen LogP contribution in [0.2, 0.25) is 0 Å². The van der Waals surface area contributed by atoms with Crippen molar-refractivity contribution < 1.29 is 38.1 Å². The SMILES string of the molecule is CC(=O)/C=C(/C)OC[SiH3].CC(C)/C(=C/C(=O)C(C)(C)C)OC[SiH3].CC/C(=C/C(C)=O)OC[SiH3].CCC(=O)/C=C(/CC)OC[SiH3]. The Balaban J connectivity index is -0.000000246. The Morgan fingerprint density at radius 1 is 0.614 bits per heavy atom. The number of carbonyl (C=O) groups is 4. The lowest BCUT2D eigenvalue weighted by atomic mass is 9.90. The summed E-state index contributed by atoms with van der Waals surface area (Å²) in [5.74, 6) is 3.85. The van der Waals surface area contributed by atoms with Crippen LogP contribution in [0.15, 0.2) is 47.3 Å². The fourth-order valence-electron chi connectivity index (χ4n) is 2.81. The van der Waals surface area contributed by atoms with E-state index in [0.29, 0.717) is 6.42 Å². The Bertz CT molecular complexity index is 946. The third kappa shape index (κ3) is 34.2. The smallest absolute Gasteiger partial charge is 0.164 e. The van der Waals surface area contributed by atoms with Crippen molar-refractivity contribution in [2.24, 2.45) is 11.3 Å². The maximum Gasteiger partial charge on any atom is 0.164 e. The zero-order chi connectivity index (χ0) is 35.3. The molecule has 0 aliphatic carbocycles. The maximum absolute atomic E-state index is 11.7. The average Bonchev–Trinajstić information content (AvgIpc) is 2.92. The average molecular weight is 689 g/mol. The third-order valence-corrected chi connectivity index (χ3v) is 6.22. The minimum absolute atomic E-state index is 0.0441. The molecule has 0 N–H and O–H groups in total. The van der Waals surface area contributed by atoms with Crippen molar-refractivity contribution in [3.8, 4) is 0 Å². The molecule has 0 spiro atoms. The molecule has 0 bridgehead atoms. The van der Waals surface area contributed by atoms with Crippen LogP contribution in [-0.4, -0.2) is 89.0 Å². The van der Waals surface area contributed by atoms with Crippen molar-refractivity contribution in [3.05, 3.63) is 47.3 Å². The van der Waals surface area contributed by atoms with Crippen molar-refractivity contribution in [2.45, 2.75) is 95.4 Å². The second-order valence-electron chi connectivity index (χ2n) is 10.8. The summed E-state index contributed by atoms with van der Waals surface area (Å²) in [7, 11) is 4.05. The number of allylic oxidation sites excluding steroid dienone is 8. The van der Waals surface area contributed by atoms with Crippen molar-refractivity contribution in [2.75, 3.05) is 24.9 Å². The molecule has 0 saturated carbocycles.